The Balaban J connectivity index is 3.07. The fourth-order valence-corrected chi connectivity index (χ4v) is 1.16. The summed E-state index contributed by atoms with van der Waals surface area (Å²) in [6, 6.07) is 0. The second-order valence-corrected chi connectivity index (χ2v) is 2.89. The van der Waals surface area contributed by atoms with Crippen LogP contribution in [0.2, 0.25) is 0 Å². The molecule has 0 unspecified atom stereocenters. The molecule has 0 spiro atoms. The molecular weight excluding hydrogens is 134 g/mol. The molecule has 0 aromatic carbocycles. The molecule has 11 heavy (non-hydrogen) atoms. The molecule has 1 radical (unpaired) electrons. The Hall–Kier alpha value is -0.0400. The molecule has 0 aliphatic rings. The lowest BCUT2D eigenvalue weighted by atomic mass is 10.2. The zero-order valence-electron chi connectivity index (χ0n) is 8.27. The Labute approximate surface area is 71.8 Å². The number of hydrogen-bond donors (Lipinski definition) is 0. The monoisotopic (exact) mass is 156 g/mol. The summed E-state index contributed by atoms with van der Waals surface area (Å²) >= 11 is 0. The molecule has 0 fully saturated rings. The maximum absolute atomic E-state index is 2.46. The third-order valence-corrected chi connectivity index (χ3v) is 2.04. The lowest BCUT2D eigenvalue weighted by molar-refractivity contribution is 0.306. The quantitative estimate of drug-likeness (QED) is 0.512. The average Bonchev–Trinajstić information content (AvgIpc) is 2.05. The highest BCUT2D eigenvalue weighted by Crippen LogP contribution is 1.99. The van der Waals surface area contributed by atoms with Gasteiger partial charge in [0.2, 0.25) is 0 Å². The van der Waals surface area contributed by atoms with Crippen molar-refractivity contribution < 1.29 is 0 Å². The molecule has 0 N–H and O–H groups in total. The molecule has 0 heterocycles. The standard InChI is InChI=1S/C10H22N/c1-4-7-8-9-10-11(5-2)6-3/h8H,4-7,9-10H2,1-3H3. The molecule has 1 heteroatoms. The number of hydrogen-bond acceptors (Lipinski definition) is 1. The molecule has 0 aliphatic carbocycles. The van der Waals surface area contributed by atoms with Crippen LogP contribution in [0.25, 0.3) is 0 Å². The lowest BCUT2D eigenvalue weighted by Gasteiger charge is -2.17. The van der Waals surface area contributed by atoms with Crippen molar-refractivity contribution in [3.05, 3.63) is 6.42 Å². The van der Waals surface area contributed by atoms with Crippen molar-refractivity contribution in [1.29, 1.82) is 0 Å². The predicted molar refractivity (Wildman–Crippen MR) is 51.6 cm³/mol. The van der Waals surface area contributed by atoms with E-state index in [4.69, 9.17) is 0 Å². The van der Waals surface area contributed by atoms with E-state index in [1.807, 2.05) is 0 Å². The molecule has 0 saturated carbocycles. The first-order chi connectivity index (χ1) is 5.35. The van der Waals surface area contributed by atoms with Crippen LogP contribution in [0.5, 0.6) is 0 Å². The Kier molecular flexibility index (Phi) is 8.03. The van der Waals surface area contributed by atoms with Crippen molar-refractivity contribution in [1.82, 2.24) is 4.90 Å². The summed E-state index contributed by atoms with van der Waals surface area (Å²) in [4.78, 5) is 2.46. The molecule has 0 saturated heterocycles. The van der Waals surface area contributed by atoms with Crippen LogP contribution in [0.3, 0.4) is 0 Å². The SMILES string of the molecule is CCC[CH]CCN(CC)CC. The van der Waals surface area contributed by atoms with Crippen molar-refractivity contribution in [3.8, 4) is 0 Å². The summed E-state index contributed by atoms with van der Waals surface area (Å²) in [7, 11) is 0. The van der Waals surface area contributed by atoms with E-state index >= 15 is 0 Å². The van der Waals surface area contributed by atoms with Crippen molar-refractivity contribution >= 4 is 0 Å². The largest absolute Gasteiger partial charge is 0.304 e. The summed E-state index contributed by atoms with van der Waals surface area (Å²) in [6.07, 6.45) is 6.23. The first-order valence-corrected chi connectivity index (χ1v) is 4.89. The Morgan fingerprint density at radius 3 is 2.09 bits per heavy atom. The van der Waals surface area contributed by atoms with Gasteiger partial charge in [0.05, 0.1) is 0 Å². The van der Waals surface area contributed by atoms with Crippen LogP contribution in [0, 0.1) is 6.42 Å². The normalized spacial score (nSPS) is 10.9. The second kappa shape index (κ2) is 8.06. The summed E-state index contributed by atoms with van der Waals surface area (Å²) in [5.41, 5.74) is 0. The number of rotatable bonds is 7. The van der Waals surface area contributed by atoms with Crippen molar-refractivity contribution in [3.63, 3.8) is 0 Å². The van der Waals surface area contributed by atoms with E-state index in [1.54, 1.807) is 0 Å². The van der Waals surface area contributed by atoms with Crippen LogP contribution in [0.15, 0.2) is 0 Å². The van der Waals surface area contributed by atoms with E-state index in [0.717, 1.165) is 0 Å². The Morgan fingerprint density at radius 2 is 1.64 bits per heavy atom. The van der Waals surface area contributed by atoms with Gasteiger partial charge in [0.15, 0.2) is 0 Å². The zero-order chi connectivity index (χ0) is 8.53. The molecule has 67 valence electrons. The topological polar surface area (TPSA) is 3.24 Å². The van der Waals surface area contributed by atoms with Gasteiger partial charge in [-0.2, -0.15) is 0 Å². The third kappa shape index (κ3) is 6.36. The van der Waals surface area contributed by atoms with Gasteiger partial charge in [0, 0.05) is 0 Å². The summed E-state index contributed by atoms with van der Waals surface area (Å²) in [6.45, 7) is 10.3. The minimum Gasteiger partial charge on any atom is -0.304 e. The van der Waals surface area contributed by atoms with Gasteiger partial charge >= 0.3 is 0 Å². The Morgan fingerprint density at radius 1 is 1.00 bits per heavy atom. The van der Waals surface area contributed by atoms with Gasteiger partial charge in [0.25, 0.3) is 0 Å². The van der Waals surface area contributed by atoms with Crippen LogP contribution in [-0.4, -0.2) is 24.5 Å². The fraction of sp³-hybridized carbons (Fsp3) is 0.900. The highest BCUT2D eigenvalue weighted by Gasteiger charge is 1.96. The molecule has 0 aliphatic heterocycles. The van der Waals surface area contributed by atoms with Gasteiger partial charge in [-0.05, 0) is 32.5 Å². The second-order valence-electron chi connectivity index (χ2n) is 2.89. The van der Waals surface area contributed by atoms with Gasteiger partial charge in [-0.3, -0.25) is 0 Å². The summed E-state index contributed by atoms with van der Waals surface area (Å²) in [5.74, 6) is 0. The van der Waals surface area contributed by atoms with Crippen molar-refractivity contribution in [2.24, 2.45) is 0 Å². The average molecular weight is 156 g/mol. The summed E-state index contributed by atoms with van der Waals surface area (Å²) in [5, 5.41) is 0. The highest BCUT2D eigenvalue weighted by molar-refractivity contribution is 4.66. The van der Waals surface area contributed by atoms with E-state index in [9.17, 15) is 0 Å². The minimum absolute atomic E-state index is 1.19. The molecule has 0 rings (SSSR count). The van der Waals surface area contributed by atoms with Gasteiger partial charge in [-0.15, -0.1) is 0 Å². The molecule has 1 nitrogen and oxygen atoms in total. The van der Waals surface area contributed by atoms with E-state index < -0.39 is 0 Å². The van der Waals surface area contributed by atoms with E-state index in [-0.39, 0.29) is 0 Å². The minimum atomic E-state index is 1.19. The molecular formula is C10H22N. The highest BCUT2D eigenvalue weighted by atomic mass is 15.1. The predicted octanol–water partition coefficient (Wildman–Crippen LogP) is 2.72. The van der Waals surface area contributed by atoms with Crippen molar-refractivity contribution in [2.75, 3.05) is 19.6 Å². The van der Waals surface area contributed by atoms with Gasteiger partial charge in [-0.1, -0.05) is 33.6 Å². The molecule has 0 aromatic heterocycles. The van der Waals surface area contributed by atoms with E-state index in [1.165, 1.54) is 38.9 Å². The molecule has 0 atom stereocenters. The lowest BCUT2D eigenvalue weighted by Crippen LogP contribution is -2.23. The van der Waals surface area contributed by atoms with Crippen LogP contribution in [0.1, 0.15) is 40.0 Å². The third-order valence-electron chi connectivity index (χ3n) is 2.04. The van der Waals surface area contributed by atoms with Gasteiger partial charge in [-0.25, -0.2) is 0 Å². The van der Waals surface area contributed by atoms with Gasteiger partial charge in [0.1, 0.15) is 0 Å². The maximum atomic E-state index is 2.46. The number of unbranched alkanes of at least 4 members (excludes halogenated alkanes) is 3. The fourth-order valence-electron chi connectivity index (χ4n) is 1.16. The molecule has 0 bridgehead atoms. The van der Waals surface area contributed by atoms with Crippen LogP contribution >= 0.6 is 0 Å². The van der Waals surface area contributed by atoms with Crippen LogP contribution in [0.4, 0.5) is 0 Å². The molecule has 0 aromatic rings. The van der Waals surface area contributed by atoms with E-state index in [0.29, 0.717) is 0 Å². The smallest absolute Gasteiger partial charge is 0.00162 e. The first-order valence-electron chi connectivity index (χ1n) is 4.89. The molecule has 0 amide bonds. The Bertz CT molecular complexity index is 67.3. The number of nitrogens with zero attached hydrogens (tertiary/aromatic N) is 1. The van der Waals surface area contributed by atoms with Crippen molar-refractivity contribution in [2.45, 2.75) is 40.0 Å². The summed E-state index contributed by atoms with van der Waals surface area (Å²) < 4.78 is 0. The van der Waals surface area contributed by atoms with Crippen LogP contribution in [-0.2, 0) is 0 Å². The zero-order valence-corrected chi connectivity index (χ0v) is 8.27. The first kappa shape index (κ1) is 11.0. The van der Waals surface area contributed by atoms with Gasteiger partial charge < -0.3 is 4.90 Å². The van der Waals surface area contributed by atoms with E-state index in [2.05, 4.69) is 32.1 Å². The van der Waals surface area contributed by atoms with Crippen LogP contribution < -0.4 is 0 Å². The maximum Gasteiger partial charge on any atom is -0.00162 e.